The van der Waals surface area contributed by atoms with Gasteiger partial charge in [0.2, 0.25) is 0 Å². The molecule has 3 rings (SSSR count). The number of Topliss-reactive ketones (excluding diaryl/α,β-unsaturated/α-hetero) is 1. The third-order valence-electron chi connectivity index (χ3n) is 3.72. The van der Waals surface area contributed by atoms with E-state index in [1.807, 2.05) is 48.5 Å². The highest BCUT2D eigenvalue weighted by molar-refractivity contribution is 9.10. The lowest BCUT2D eigenvalue weighted by Gasteiger charge is -2.18. The number of ether oxygens (including phenoxy) is 1. The fraction of sp³-hybridized carbons (Fsp3) is 0.167. The second-order valence-corrected chi connectivity index (χ2v) is 5.99. The van der Waals surface area contributed by atoms with Crippen LogP contribution >= 0.6 is 15.9 Å². The van der Waals surface area contributed by atoms with Crippen molar-refractivity contribution in [3.63, 3.8) is 0 Å². The van der Waals surface area contributed by atoms with Crippen molar-refractivity contribution in [3.05, 3.63) is 69.2 Å². The Balaban J connectivity index is 1.93. The second kappa shape index (κ2) is 5.86. The van der Waals surface area contributed by atoms with E-state index in [-0.39, 0.29) is 5.78 Å². The van der Waals surface area contributed by atoms with E-state index in [1.54, 1.807) is 7.11 Å². The maximum Gasteiger partial charge on any atom is 0.189 e. The summed E-state index contributed by atoms with van der Waals surface area (Å²) in [5, 5.41) is 0. The molecule has 0 unspecified atom stereocenters. The fourth-order valence-electron chi connectivity index (χ4n) is 2.58. The normalized spacial score (nSPS) is 15.9. The first-order chi connectivity index (χ1) is 10.2. The Morgan fingerprint density at radius 3 is 2.57 bits per heavy atom. The Morgan fingerprint density at radius 2 is 1.86 bits per heavy atom. The van der Waals surface area contributed by atoms with E-state index >= 15 is 0 Å². The van der Waals surface area contributed by atoms with Crippen molar-refractivity contribution in [2.24, 2.45) is 0 Å². The number of allylic oxidation sites excluding steroid dienone is 1. The van der Waals surface area contributed by atoms with Gasteiger partial charge in [-0.3, -0.25) is 4.79 Å². The maximum atomic E-state index is 12.6. The molecule has 2 aromatic carbocycles. The number of halogens is 1. The minimum Gasteiger partial charge on any atom is -0.497 e. The monoisotopic (exact) mass is 342 g/mol. The molecule has 0 bridgehead atoms. The van der Waals surface area contributed by atoms with Crippen molar-refractivity contribution in [3.8, 4) is 5.75 Å². The summed E-state index contributed by atoms with van der Waals surface area (Å²) in [6.45, 7) is 0. The second-order valence-electron chi connectivity index (χ2n) is 5.07. The summed E-state index contributed by atoms with van der Waals surface area (Å²) >= 11 is 3.42. The molecule has 1 aliphatic carbocycles. The standard InChI is InChI=1S/C18H15BrO2/c1-21-16-8-9-17-13(11-16)4-5-14(18(17)20)10-12-2-6-15(19)7-3-12/h2-3,6-11H,4-5H2,1H3/b14-10-. The summed E-state index contributed by atoms with van der Waals surface area (Å²) in [5.74, 6) is 0.934. The highest BCUT2D eigenvalue weighted by Gasteiger charge is 2.22. The first-order valence-corrected chi connectivity index (χ1v) is 7.64. The molecule has 0 saturated carbocycles. The average Bonchev–Trinajstić information content (AvgIpc) is 2.52. The van der Waals surface area contributed by atoms with Crippen molar-refractivity contribution in [1.29, 1.82) is 0 Å². The SMILES string of the molecule is COc1ccc2c(c1)CC/C(=C/c1ccc(Br)cc1)C2=O. The smallest absolute Gasteiger partial charge is 0.189 e. The Labute approximate surface area is 132 Å². The number of rotatable bonds is 2. The van der Waals surface area contributed by atoms with Crippen LogP contribution in [-0.4, -0.2) is 12.9 Å². The van der Waals surface area contributed by atoms with E-state index in [0.717, 1.165) is 45.3 Å². The Bertz CT molecular complexity index is 714. The van der Waals surface area contributed by atoms with Crippen LogP contribution in [0.5, 0.6) is 5.75 Å². The topological polar surface area (TPSA) is 26.3 Å². The summed E-state index contributed by atoms with van der Waals surface area (Å²) in [5.41, 5.74) is 3.80. The van der Waals surface area contributed by atoms with Gasteiger partial charge >= 0.3 is 0 Å². The van der Waals surface area contributed by atoms with E-state index in [1.165, 1.54) is 0 Å². The fourth-order valence-corrected chi connectivity index (χ4v) is 2.84. The average molecular weight is 343 g/mol. The lowest BCUT2D eigenvalue weighted by Crippen LogP contribution is -2.14. The molecule has 0 saturated heterocycles. The predicted molar refractivity (Wildman–Crippen MR) is 87.8 cm³/mol. The lowest BCUT2D eigenvalue weighted by molar-refractivity contribution is 0.102. The maximum absolute atomic E-state index is 12.6. The zero-order chi connectivity index (χ0) is 14.8. The van der Waals surface area contributed by atoms with Gasteiger partial charge in [-0.25, -0.2) is 0 Å². The molecule has 21 heavy (non-hydrogen) atoms. The Hall–Kier alpha value is -1.87. The van der Waals surface area contributed by atoms with Crippen LogP contribution in [0, 0.1) is 0 Å². The van der Waals surface area contributed by atoms with Crippen LogP contribution in [0.1, 0.15) is 27.9 Å². The van der Waals surface area contributed by atoms with Crippen molar-refractivity contribution in [2.45, 2.75) is 12.8 Å². The minimum absolute atomic E-state index is 0.127. The molecule has 1 aliphatic rings. The third kappa shape index (κ3) is 2.93. The van der Waals surface area contributed by atoms with Crippen LogP contribution in [-0.2, 0) is 6.42 Å². The van der Waals surface area contributed by atoms with E-state index in [4.69, 9.17) is 4.74 Å². The molecule has 0 amide bonds. The van der Waals surface area contributed by atoms with Gasteiger partial charge in [0.15, 0.2) is 5.78 Å². The molecule has 0 spiro atoms. The highest BCUT2D eigenvalue weighted by atomic mass is 79.9. The summed E-state index contributed by atoms with van der Waals surface area (Å²) in [4.78, 5) is 12.6. The zero-order valence-corrected chi connectivity index (χ0v) is 13.3. The highest BCUT2D eigenvalue weighted by Crippen LogP contribution is 2.29. The molecule has 0 aromatic heterocycles. The molecule has 0 heterocycles. The quantitative estimate of drug-likeness (QED) is 0.741. The van der Waals surface area contributed by atoms with E-state index < -0.39 is 0 Å². The summed E-state index contributed by atoms with van der Waals surface area (Å²) in [6, 6.07) is 13.7. The van der Waals surface area contributed by atoms with E-state index in [9.17, 15) is 4.79 Å². The molecule has 106 valence electrons. The van der Waals surface area contributed by atoms with E-state index in [2.05, 4.69) is 15.9 Å². The Kier molecular flexibility index (Phi) is 3.93. The zero-order valence-electron chi connectivity index (χ0n) is 11.7. The van der Waals surface area contributed by atoms with Crippen LogP contribution in [0.15, 0.2) is 52.5 Å². The number of hydrogen-bond donors (Lipinski definition) is 0. The third-order valence-corrected chi connectivity index (χ3v) is 4.25. The molecule has 0 fully saturated rings. The predicted octanol–water partition coefficient (Wildman–Crippen LogP) is 4.67. The molecule has 3 heteroatoms. The minimum atomic E-state index is 0.127. The molecule has 2 aromatic rings. The van der Waals surface area contributed by atoms with Crippen LogP contribution in [0.2, 0.25) is 0 Å². The van der Waals surface area contributed by atoms with Gasteiger partial charge in [-0.15, -0.1) is 0 Å². The number of hydrogen-bond acceptors (Lipinski definition) is 2. The number of ketones is 1. The first-order valence-electron chi connectivity index (χ1n) is 6.85. The van der Waals surface area contributed by atoms with Gasteiger partial charge in [0.25, 0.3) is 0 Å². The van der Waals surface area contributed by atoms with Crippen LogP contribution in [0.4, 0.5) is 0 Å². The number of fused-ring (bicyclic) bond motifs is 1. The molecule has 0 aliphatic heterocycles. The lowest BCUT2D eigenvalue weighted by atomic mass is 9.86. The number of methoxy groups -OCH3 is 1. The van der Waals surface area contributed by atoms with Gasteiger partial charge in [0.05, 0.1) is 7.11 Å². The number of aryl methyl sites for hydroxylation is 1. The van der Waals surface area contributed by atoms with E-state index in [0.29, 0.717) is 0 Å². The summed E-state index contributed by atoms with van der Waals surface area (Å²) in [6.07, 6.45) is 3.64. The Morgan fingerprint density at radius 1 is 1.10 bits per heavy atom. The van der Waals surface area contributed by atoms with Crippen molar-refractivity contribution < 1.29 is 9.53 Å². The van der Waals surface area contributed by atoms with Crippen LogP contribution < -0.4 is 4.74 Å². The van der Waals surface area contributed by atoms with Gasteiger partial charge in [-0.05, 0) is 60.4 Å². The van der Waals surface area contributed by atoms with Gasteiger partial charge < -0.3 is 4.74 Å². The molecule has 2 nitrogen and oxygen atoms in total. The summed E-state index contributed by atoms with van der Waals surface area (Å²) in [7, 11) is 1.64. The molecular formula is C18H15BrO2. The van der Waals surface area contributed by atoms with Gasteiger partial charge in [0.1, 0.15) is 5.75 Å². The van der Waals surface area contributed by atoms with Crippen LogP contribution in [0.25, 0.3) is 6.08 Å². The van der Waals surface area contributed by atoms with Gasteiger partial charge in [-0.2, -0.15) is 0 Å². The number of carbonyl (C=O) groups is 1. The number of carbonyl (C=O) groups excluding carboxylic acids is 1. The van der Waals surface area contributed by atoms with Crippen molar-refractivity contribution in [2.75, 3.05) is 7.11 Å². The first kappa shape index (κ1) is 14.1. The molecular weight excluding hydrogens is 328 g/mol. The van der Waals surface area contributed by atoms with Crippen LogP contribution in [0.3, 0.4) is 0 Å². The molecule has 0 N–H and O–H groups in total. The van der Waals surface area contributed by atoms with Gasteiger partial charge in [0, 0.05) is 15.6 Å². The molecule has 0 atom stereocenters. The number of benzene rings is 2. The summed E-state index contributed by atoms with van der Waals surface area (Å²) < 4.78 is 6.26. The largest absolute Gasteiger partial charge is 0.497 e. The van der Waals surface area contributed by atoms with Crippen molar-refractivity contribution in [1.82, 2.24) is 0 Å². The molecule has 0 radical (unpaired) electrons. The van der Waals surface area contributed by atoms with Crippen molar-refractivity contribution >= 4 is 27.8 Å². The van der Waals surface area contributed by atoms with Gasteiger partial charge in [-0.1, -0.05) is 28.1 Å².